The molecule has 0 aliphatic heterocycles. The van der Waals surface area contributed by atoms with Crippen molar-refractivity contribution in [1.29, 1.82) is 0 Å². The van der Waals surface area contributed by atoms with Crippen LogP contribution in [0.3, 0.4) is 0 Å². The van der Waals surface area contributed by atoms with Crippen LogP contribution in [0.5, 0.6) is 0 Å². The van der Waals surface area contributed by atoms with E-state index in [0.717, 1.165) is 17.1 Å². The van der Waals surface area contributed by atoms with E-state index in [-0.39, 0.29) is 0 Å². The zero-order chi connectivity index (χ0) is 12.4. The van der Waals surface area contributed by atoms with Gasteiger partial charge in [0, 0.05) is 23.7 Å². The van der Waals surface area contributed by atoms with E-state index in [1.54, 1.807) is 0 Å². The maximum Gasteiger partial charge on any atom is 0.0868 e. The molecule has 0 radical (unpaired) electrons. The Labute approximate surface area is 107 Å². The molecule has 0 aliphatic carbocycles. The van der Waals surface area contributed by atoms with Crippen molar-refractivity contribution in [3.8, 4) is 0 Å². The number of aromatic nitrogens is 1. The molecule has 1 aromatic carbocycles. The molecular weight excluding hydrogens is 234 g/mol. The van der Waals surface area contributed by atoms with Gasteiger partial charge in [-0.15, -0.1) is 0 Å². The van der Waals surface area contributed by atoms with Gasteiger partial charge in [0.15, 0.2) is 0 Å². The van der Waals surface area contributed by atoms with Crippen molar-refractivity contribution in [2.45, 2.75) is 33.4 Å². The second-order valence-corrected chi connectivity index (χ2v) is 4.82. The van der Waals surface area contributed by atoms with Crippen LogP contribution in [0.1, 0.15) is 32.5 Å². The highest BCUT2D eigenvalue weighted by Crippen LogP contribution is 2.30. The Bertz CT molecular complexity index is 516. The molecule has 0 bridgehead atoms. The third-order valence-corrected chi connectivity index (χ3v) is 3.17. The van der Waals surface area contributed by atoms with Gasteiger partial charge in [-0.2, -0.15) is 0 Å². The van der Waals surface area contributed by atoms with Gasteiger partial charge in [-0.3, -0.25) is 0 Å². The van der Waals surface area contributed by atoms with Gasteiger partial charge in [0.1, 0.15) is 0 Å². The molecule has 0 aliphatic rings. The molecule has 0 atom stereocenters. The van der Waals surface area contributed by atoms with Crippen LogP contribution in [-0.4, -0.2) is 11.2 Å². The van der Waals surface area contributed by atoms with Crippen LogP contribution >= 0.6 is 11.6 Å². The molecule has 92 valence electrons. The monoisotopic (exact) mass is 251 g/mol. The fourth-order valence-electron chi connectivity index (χ4n) is 2.20. The average molecular weight is 252 g/mol. The van der Waals surface area contributed by atoms with Crippen LogP contribution in [0.4, 0.5) is 0 Å². The molecule has 0 fully saturated rings. The summed E-state index contributed by atoms with van der Waals surface area (Å²) in [6, 6.07) is 8.56. The minimum atomic E-state index is 0.378. The summed E-state index contributed by atoms with van der Waals surface area (Å²) in [5, 5.41) is 1.99. The molecule has 2 aromatic rings. The Balaban J connectivity index is 2.59. The second-order valence-electron chi connectivity index (χ2n) is 4.41. The Morgan fingerprint density at radius 1 is 1.35 bits per heavy atom. The molecule has 3 heteroatoms. The molecule has 0 amide bonds. The first-order valence-corrected chi connectivity index (χ1v) is 6.39. The predicted octanol–water partition coefficient (Wildman–Crippen LogP) is 4.41. The Hall–Kier alpha value is -0.990. The van der Waals surface area contributed by atoms with Gasteiger partial charge in [0.25, 0.3) is 0 Å². The van der Waals surface area contributed by atoms with Crippen LogP contribution in [-0.2, 0) is 11.3 Å². The van der Waals surface area contributed by atoms with E-state index in [2.05, 4.69) is 30.5 Å². The van der Waals surface area contributed by atoms with Gasteiger partial charge in [-0.25, -0.2) is 0 Å². The van der Waals surface area contributed by atoms with Crippen LogP contribution in [0, 0.1) is 0 Å². The summed E-state index contributed by atoms with van der Waals surface area (Å²) >= 11 is 6.29. The SMILES string of the molecule is CCOCc1cc2cccc(Cl)c2n1C(C)C. The van der Waals surface area contributed by atoms with Gasteiger partial charge in [0.2, 0.25) is 0 Å². The van der Waals surface area contributed by atoms with Gasteiger partial charge in [-0.1, -0.05) is 23.7 Å². The van der Waals surface area contributed by atoms with Gasteiger partial charge in [0.05, 0.1) is 17.1 Å². The van der Waals surface area contributed by atoms with Gasteiger partial charge < -0.3 is 9.30 Å². The summed E-state index contributed by atoms with van der Waals surface area (Å²) in [4.78, 5) is 0. The van der Waals surface area contributed by atoms with Crippen molar-refractivity contribution < 1.29 is 4.74 Å². The summed E-state index contributed by atoms with van der Waals surface area (Å²) in [5.41, 5.74) is 2.30. The van der Waals surface area contributed by atoms with E-state index in [0.29, 0.717) is 12.6 Å². The van der Waals surface area contributed by atoms with Crippen LogP contribution < -0.4 is 0 Å². The van der Waals surface area contributed by atoms with E-state index >= 15 is 0 Å². The van der Waals surface area contributed by atoms with E-state index in [9.17, 15) is 0 Å². The lowest BCUT2D eigenvalue weighted by Crippen LogP contribution is -2.07. The molecule has 1 heterocycles. The molecule has 0 spiro atoms. The lowest BCUT2D eigenvalue weighted by molar-refractivity contribution is 0.128. The smallest absolute Gasteiger partial charge is 0.0868 e. The second kappa shape index (κ2) is 5.11. The highest BCUT2D eigenvalue weighted by atomic mass is 35.5. The number of nitrogens with zero attached hydrogens (tertiary/aromatic N) is 1. The van der Waals surface area contributed by atoms with Crippen molar-refractivity contribution in [3.05, 3.63) is 35.0 Å². The normalized spacial score (nSPS) is 11.6. The van der Waals surface area contributed by atoms with E-state index in [4.69, 9.17) is 16.3 Å². The van der Waals surface area contributed by atoms with Gasteiger partial charge >= 0.3 is 0 Å². The quantitative estimate of drug-likeness (QED) is 0.785. The van der Waals surface area contributed by atoms with Crippen LogP contribution in [0.25, 0.3) is 10.9 Å². The summed E-state index contributed by atoms with van der Waals surface area (Å²) < 4.78 is 7.77. The molecular formula is C14H18ClNO. The van der Waals surface area contributed by atoms with E-state index in [1.165, 1.54) is 11.1 Å². The van der Waals surface area contributed by atoms with Crippen molar-refractivity contribution in [3.63, 3.8) is 0 Å². The Kier molecular flexibility index (Phi) is 3.75. The summed E-state index contributed by atoms with van der Waals surface area (Å²) in [5.74, 6) is 0. The number of rotatable bonds is 4. The highest BCUT2D eigenvalue weighted by Gasteiger charge is 2.13. The van der Waals surface area contributed by atoms with Crippen molar-refractivity contribution in [2.75, 3.05) is 6.61 Å². The van der Waals surface area contributed by atoms with Crippen LogP contribution in [0.2, 0.25) is 5.02 Å². The number of benzene rings is 1. The first kappa shape index (κ1) is 12.5. The Morgan fingerprint density at radius 3 is 2.76 bits per heavy atom. The Morgan fingerprint density at radius 2 is 2.12 bits per heavy atom. The third-order valence-electron chi connectivity index (χ3n) is 2.86. The van der Waals surface area contributed by atoms with Gasteiger partial charge in [-0.05, 0) is 32.9 Å². The van der Waals surface area contributed by atoms with Crippen molar-refractivity contribution >= 4 is 22.5 Å². The van der Waals surface area contributed by atoms with E-state index in [1.807, 2.05) is 19.1 Å². The fraction of sp³-hybridized carbons (Fsp3) is 0.429. The summed E-state index contributed by atoms with van der Waals surface area (Å²) in [7, 11) is 0. The fourth-order valence-corrected chi connectivity index (χ4v) is 2.48. The maximum absolute atomic E-state index is 6.29. The predicted molar refractivity (Wildman–Crippen MR) is 72.7 cm³/mol. The molecule has 0 unspecified atom stereocenters. The summed E-state index contributed by atoms with van der Waals surface area (Å²) in [6.45, 7) is 7.71. The molecule has 0 saturated carbocycles. The number of ether oxygens (including phenoxy) is 1. The van der Waals surface area contributed by atoms with Crippen molar-refractivity contribution in [2.24, 2.45) is 0 Å². The number of fused-ring (bicyclic) bond motifs is 1. The van der Waals surface area contributed by atoms with Crippen LogP contribution in [0.15, 0.2) is 24.3 Å². The highest BCUT2D eigenvalue weighted by molar-refractivity contribution is 6.35. The molecule has 0 N–H and O–H groups in total. The van der Waals surface area contributed by atoms with E-state index < -0.39 is 0 Å². The summed E-state index contributed by atoms with van der Waals surface area (Å²) in [6.07, 6.45) is 0. The maximum atomic E-state index is 6.29. The molecule has 0 saturated heterocycles. The number of para-hydroxylation sites is 1. The average Bonchev–Trinajstić information content (AvgIpc) is 2.66. The first-order valence-electron chi connectivity index (χ1n) is 6.01. The lowest BCUT2D eigenvalue weighted by atomic mass is 10.2. The number of hydrogen-bond acceptors (Lipinski definition) is 1. The molecule has 2 rings (SSSR count). The number of hydrogen-bond donors (Lipinski definition) is 0. The standard InChI is InChI=1S/C14H18ClNO/c1-4-17-9-12-8-11-6-5-7-13(15)14(11)16(12)10(2)3/h5-8,10H,4,9H2,1-3H3. The molecule has 1 aromatic heterocycles. The third kappa shape index (κ3) is 2.33. The topological polar surface area (TPSA) is 14.2 Å². The zero-order valence-corrected chi connectivity index (χ0v) is 11.3. The first-order chi connectivity index (χ1) is 8.15. The lowest BCUT2D eigenvalue weighted by Gasteiger charge is -2.15. The molecule has 17 heavy (non-hydrogen) atoms. The zero-order valence-electron chi connectivity index (χ0n) is 10.5. The molecule has 2 nitrogen and oxygen atoms in total. The minimum absolute atomic E-state index is 0.378. The van der Waals surface area contributed by atoms with Crippen molar-refractivity contribution in [1.82, 2.24) is 4.57 Å². The minimum Gasteiger partial charge on any atom is -0.376 e. The largest absolute Gasteiger partial charge is 0.376 e. The number of halogens is 1.